The fourth-order valence-corrected chi connectivity index (χ4v) is 4.37. The van der Waals surface area contributed by atoms with E-state index in [2.05, 4.69) is 22.2 Å². The van der Waals surface area contributed by atoms with Crippen LogP contribution >= 0.6 is 11.8 Å². The first-order valence-electron chi connectivity index (χ1n) is 10.5. The highest BCUT2D eigenvalue weighted by Gasteiger charge is 2.22. The van der Waals surface area contributed by atoms with Crippen molar-refractivity contribution in [2.75, 3.05) is 24.2 Å². The van der Waals surface area contributed by atoms with Gasteiger partial charge in [0, 0.05) is 24.2 Å². The number of carbonyl (C=O) groups excluding carboxylic acids is 2. The van der Waals surface area contributed by atoms with Crippen molar-refractivity contribution in [2.24, 2.45) is 5.92 Å². The Morgan fingerprint density at radius 2 is 1.87 bits per heavy atom. The van der Waals surface area contributed by atoms with Crippen LogP contribution in [0.5, 0.6) is 0 Å². The number of thioether (sulfide) groups is 1. The van der Waals surface area contributed by atoms with Gasteiger partial charge in [0.05, 0.1) is 11.1 Å². The summed E-state index contributed by atoms with van der Waals surface area (Å²) in [5.74, 6) is 1.87. The Kier molecular flexibility index (Phi) is 6.27. The van der Waals surface area contributed by atoms with Crippen molar-refractivity contribution in [3.63, 3.8) is 0 Å². The number of nitrogens with one attached hydrogen (secondary N) is 1. The van der Waals surface area contributed by atoms with Gasteiger partial charge in [-0.2, -0.15) is 4.98 Å². The molecule has 2 amide bonds. The first-order valence-corrected chi connectivity index (χ1v) is 11.5. The first kappa shape index (κ1) is 21.4. The predicted molar refractivity (Wildman–Crippen MR) is 121 cm³/mol. The van der Waals surface area contributed by atoms with Crippen molar-refractivity contribution in [1.82, 2.24) is 14.9 Å². The largest absolute Gasteiger partial charge is 0.443 e. The minimum Gasteiger partial charge on any atom is -0.443 e. The van der Waals surface area contributed by atoms with Crippen LogP contribution in [0.1, 0.15) is 41.4 Å². The van der Waals surface area contributed by atoms with Gasteiger partial charge >= 0.3 is 0 Å². The zero-order valence-corrected chi connectivity index (χ0v) is 18.8. The van der Waals surface area contributed by atoms with E-state index in [0.29, 0.717) is 33.6 Å². The number of anilines is 1. The maximum absolute atomic E-state index is 12.7. The van der Waals surface area contributed by atoms with Gasteiger partial charge in [-0.1, -0.05) is 36.9 Å². The SMILES string of the molecule is Cc1oc2nc(SCC(=O)N3CCC(C)CC3)nc(NC(=O)c3ccccc3)c2c1C. The number of carbonyl (C=O) groups is 2. The van der Waals surface area contributed by atoms with E-state index >= 15 is 0 Å². The molecule has 0 radical (unpaired) electrons. The maximum Gasteiger partial charge on any atom is 0.256 e. The number of hydrogen-bond acceptors (Lipinski definition) is 6. The molecule has 1 fully saturated rings. The molecular weight excluding hydrogens is 412 g/mol. The molecule has 1 saturated heterocycles. The second-order valence-corrected chi connectivity index (χ2v) is 8.93. The highest BCUT2D eigenvalue weighted by molar-refractivity contribution is 7.99. The van der Waals surface area contributed by atoms with Crippen LogP contribution in [0.2, 0.25) is 0 Å². The molecule has 0 spiro atoms. The van der Waals surface area contributed by atoms with Gasteiger partial charge in [0.1, 0.15) is 11.6 Å². The molecule has 2 aromatic heterocycles. The molecule has 3 aromatic rings. The number of likely N-dealkylation sites (tertiary alicyclic amines) is 1. The lowest BCUT2D eigenvalue weighted by molar-refractivity contribution is -0.129. The number of benzene rings is 1. The van der Waals surface area contributed by atoms with Gasteiger partial charge in [-0.25, -0.2) is 4.98 Å². The minimum atomic E-state index is -0.256. The van der Waals surface area contributed by atoms with Gasteiger partial charge in [0.2, 0.25) is 11.6 Å². The Morgan fingerprint density at radius 1 is 1.16 bits per heavy atom. The van der Waals surface area contributed by atoms with E-state index in [1.165, 1.54) is 11.8 Å². The molecule has 0 unspecified atom stereocenters. The van der Waals surface area contributed by atoms with Crippen molar-refractivity contribution in [2.45, 2.75) is 38.8 Å². The van der Waals surface area contributed by atoms with E-state index in [1.807, 2.05) is 36.9 Å². The molecule has 162 valence electrons. The second kappa shape index (κ2) is 9.09. The zero-order chi connectivity index (χ0) is 22.0. The number of fused-ring (bicyclic) bond motifs is 1. The van der Waals surface area contributed by atoms with Crippen LogP contribution in [0.25, 0.3) is 11.1 Å². The van der Waals surface area contributed by atoms with Crippen molar-refractivity contribution < 1.29 is 14.0 Å². The molecule has 1 aliphatic heterocycles. The summed E-state index contributed by atoms with van der Waals surface area (Å²) in [6.07, 6.45) is 2.08. The maximum atomic E-state index is 12.7. The van der Waals surface area contributed by atoms with Crippen molar-refractivity contribution >= 4 is 40.5 Å². The fraction of sp³-hybridized carbons (Fsp3) is 0.391. The molecule has 8 heteroatoms. The highest BCUT2D eigenvalue weighted by atomic mass is 32.2. The number of piperidine rings is 1. The first-order chi connectivity index (χ1) is 14.9. The second-order valence-electron chi connectivity index (χ2n) is 7.99. The van der Waals surface area contributed by atoms with Gasteiger partial charge in [0.25, 0.3) is 5.91 Å². The molecule has 3 heterocycles. The summed E-state index contributed by atoms with van der Waals surface area (Å²) < 4.78 is 5.79. The molecule has 0 atom stereocenters. The monoisotopic (exact) mass is 438 g/mol. The number of hydrogen-bond donors (Lipinski definition) is 1. The number of amides is 2. The smallest absolute Gasteiger partial charge is 0.256 e. The molecule has 1 aromatic carbocycles. The third kappa shape index (κ3) is 4.74. The summed E-state index contributed by atoms with van der Waals surface area (Å²) in [4.78, 5) is 36.3. The number of aromatic nitrogens is 2. The molecule has 1 N–H and O–H groups in total. The van der Waals surface area contributed by atoms with Crippen molar-refractivity contribution in [3.8, 4) is 0 Å². The van der Waals surface area contributed by atoms with E-state index in [-0.39, 0.29) is 17.6 Å². The molecule has 0 aliphatic carbocycles. The molecule has 1 aliphatic rings. The van der Waals surface area contributed by atoms with E-state index in [0.717, 1.165) is 37.3 Å². The lowest BCUT2D eigenvalue weighted by Crippen LogP contribution is -2.38. The predicted octanol–water partition coefficient (Wildman–Crippen LogP) is 4.44. The van der Waals surface area contributed by atoms with Crippen LogP contribution in [0.4, 0.5) is 5.82 Å². The van der Waals surface area contributed by atoms with Gasteiger partial charge in [-0.15, -0.1) is 0 Å². The lowest BCUT2D eigenvalue weighted by Gasteiger charge is -2.30. The summed E-state index contributed by atoms with van der Waals surface area (Å²) in [7, 11) is 0. The summed E-state index contributed by atoms with van der Waals surface area (Å²) in [5.41, 5.74) is 1.83. The summed E-state index contributed by atoms with van der Waals surface area (Å²) in [6, 6.07) is 8.97. The third-order valence-corrected chi connectivity index (χ3v) is 6.57. The molecule has 0 bridgehead atoms. The lowest BCUT2D eigenvalue weighted by atomic mass is 9.99. The van der Waals surface area contributed by atoms with E-state index < -0.39 is 0 Å². The summed E-state index contributed by atoms with van der Waals surface area (Å²) in [6.45, 7) is 7.59. The quantitative estimate of drug-likeness (QED) is 0.468. The van der Waals surface area contributed by atoms with Crippen LogP contribution in [0.15, 0.2) is 39.9 Å². The Morgan fingerprint density at radius 3 is 2.58 bits per heavy atom. The van der Waals surface area contributed by atoms with Crippen LogP contribution < -0.4 is 5.32 Å². The van der Waals surface area contributed by atoms with E-state index in [4.69, 9.17) is 4.42 Å². The van der Waals surface area contributed by atoms with Gasteiger partial charge in [-0.3, -0.25) is 9.59 Å². The van der Waals surface area contributed by atoms with Crippen molar-refractivity contribution in [1.29, 1.82) is 0 Å². The number of aryl methyl sites for hydroxylation is 2. The van der Waals surface area contributed by atoms with Crippen LogP contribution in [0.3, 0.4) is 0 Å². The van der Waals surface area contributed by atoms with Crippen LogP contribution in [-0.2, 0) is 4.79 Å². The minimum absolute atomic E-state index is 0.0854. The summed E-state index contributed by atoms with van der Waals surface area (Å²) >= 11 is 1.27. The molecular formula is C23H26N4O3S. The number of rotatable bonds is 5. The van der Waals surface area contributed by atoms with Gasteiger partial charge < -0.3 is 14.6 Å². The topological polar surface area (TPSA) is 88.3 Å². The average molecular weight is 439 g/mol. The van der Waals surface area contributed by atoms with Gasteiger partial charge in [0.15, 0.2) is 5.16 Å². The van der Waals surface area contributed by atoms with E-state index in [9.17, 15) is 9.59 Å². The standard InChI is InChI=1S/C23H26N4O3S/c1-14-9-11-27(12-10-14)18(28)13-31-23-25-20(19-15(2)16(3)30-22(19)26-23)24-21(29)17-7-5-4-6-8-17/h4-8,14H,9-13H2,1-3H3,(H,24,25,26,29). The molecule has 31 heavy (non-hydrogen) atoms. The van der Waals surface area contributed by atoms with Crippen LogP contribution in [-0.4, -0.2) is 45.5 Å². The third-order valence-electron chi connectivity index (χ3n) is 5.74. The van der Waals surface area contributed by atoms with Crippen molar-refractivity contribution in [3.05, 3.63) is 47.2 Å². The van der Waals surface area contributed by atoms with E-state index in [1.54, 1.807) is 12.1 Å². The zero-order valence-electron chi connectivity index (χ0n) is 18.0. The van der Waals surface area contributed by atoms with Gasteiger partial charge in [-0.05, 0) is 44.7 Å². The van der Waals surface area contributed by atoms with Crippen LogP contribution in [0, 0.1) is 19.8 Å². The Balaban J connectivity index is 1.55. The number of furan rings is 1. The summed E-state index contributed by atoms with van der Waals surface area (Å²) in [5, 5.41) is 3.98. The molecule has 4 rings (SSSR count). The fourth-order valence-electron chi connectivity index (χ4n) is 3.63. The molecule has 7 nitrogen and oxygen atoms in total. The highest BCUT2D eigenvalue weighted by Crippen LogP contribution is 2.31. The number of nitrogens with zero attached hydrogens (tertiary/aromatic N) is 3. The average Bonchev–Trinajstić information content (AvgIpc) is 3.06. The molecule has 0 saturated carbocycles. The normalized spacial score (nSPS) is 14.7. The Labute approximate surface area is 185 Å². The Hall–Kier alpha value is -2.87. The Bertz CT molecular complexity index is 1100.